The maximum atomic E-state index is 9.83. The molecular weight excluding hydrogens is 605 g/mol. The lowest BCUT2D eigenvalue weighted by molar-refractivity contribution is 0.969. The zero-order valence-electron chi connectivity index (χ0n) is 25.8. The van der Waals surface area contributed by atoms with Gasteiger partial charge in [0.1, 0.15) is 11.9 Å². The molecule has 0 amide bonds. The predicted molar refractivity (Wildman–Crippen MR) is 200 cm³/mol. The number of para-hydroxylation sites is 2. The van der Waals surface area contributed by atoms with Crippen molar-refractivity contribution >= 4 is 80.8 Å². The second-order valence-corrected chi connectivity index (χ2v) is 14.1. The lowest BCUT2D eigenvalue weighted by atomic mass is 10.1. The molecule has 0 spiro atoms. The first-order valence-electron chi connectivity index (χ1n) is 16.4. The second kappa shape index (κ2) is 9.54. The molecular formula is C43H26N4S. The summed E-state index contributed by atoms with van der Waals surface area (Å²) in [6.45, 7) is 0. The maximum absolute atomic E-state index is 9.83. The summed E-state index contributed by atoms with van der Waals surface area (Å²) in [5.74, 6) is 2.21. The minimum absolute atomic E-state index is 0.630. The van der Waals surface area contributed by atoms with Crippen LogP contribution < -0.4 is 0 Å². The third kappa shape index (κ3) is 3.50. The van der Waals surface area contributed by atoms with E-state index in [4.69, 9.17) is 4.98 Å². The average molecular weight is 631 g/mol. The van der Waals surface area contributed by atoms with Gasteiger partial charge in [-0.1, -0.05) is 97.1 Å². The van der Waals surface area contributed by atoms with Crippen LogP contribution >= 0.6 is 11.3 Å². The fraction of sp³-hybridized carbons (Fsp3) is 0.0698. The monoisotopic (exact) mass is 630 g/mol. The Hall–Kier alpha value is -5.96. The summed E-state index contributed by atoms with van der Waals surface area (Å²) in [5.41, 5.74) is 8.70. The van der Waals surface area contributed by atoms with Gasteiger partial charge in [0.2, 0.25) is 0 Å². The third-order valence-corrected chi connectivity index (χ3v) is 11.7. The van der Waals surface area contributed by atoms with Gasteiger partial charge in [-0.3, -0.25) is 4.57 Å². The average Bonchev–Trinajstić information content (AvgIpc) is 3.52. The van der Waals surface area contributed by atoms with Crippen LogP contribution in [0.2, 0.25) is 0 Å². The lowest BCUT2D eigenvalue weighted by Gasteiger charge is -2.15. The molecule has 11 rings (SSSR count). The summed E-state index contributed by atoms with van der Waals surface area (Å²) in [6, 6.07) is 43.3. The quantitative estimate of drug-likeness (QED) is 0.195. The Kier molecular flexibility index (Phi) is 5.20. The Morgan fingerprint density at radius 3 is 2.06 bits per heavy atom. The van der Waals surface area contributed by atoms with Crippen LogP contribution in [0.1, 0.15) is 12.0 Å². The summed E-state index contributed by atoms with van der Waals surface area (Å²) >= 11 is 1.68. The van der Waals surface area contributed by atoms with Gasteiger partial charge in [0, 0.05) is 48.3 Å². The number of hydrogen-bond donors (Lipinski definition) is 0. The Bertz CT molecular complexity index is 2960. The normalized spacial score (nSPS) is 17.1. The van der Waals surface area contributed by atoms with Crippen molar-refractivity contribution in [2.75, 3.05) is 0 Å². The molecule has 5 aromatic carbocycles. The van der Waals surface area contributed by atoms with Gasteiger partial charge in [-0.2, -0.15) is 5.26 Å². The smallest absolute Gasteiger partial charge is 0.138 e. The number of rotatable bonds is 3. The van der Waals surface area contributed by atoms with Crippen molar-refractivity contribution < 1.29 is 0 Å². The van der Waals surface area contributed by atoms with Crippen molar-refractivity contribution in [3.8, 4) is 23.1 Å². The SMILES string of the molecule is N#Cc1cccc2c1sc1c(-c3cccc(-n4c5ccccc5c5ccc6c7ccccc7n(C7=CC8CC8C=C7)c6c54)n3)cccc12. The fourth-order valence-corrected chi connectivity index (χ4v) is 9.40. The fourth-order valence-electron chi connectivity index (χ4n) is 8.11. The van der Waals surface area contributed by atoms with Crippen LogP contribution in [0.15, 0.2) is 133 Å². The number of fused-ring (bicyclic) bond motifs is 11. The molecule has 2 aliphatic rings. The predicted octanol–water partition coefficient (Wildman–Crippen LogP) is 11.2. The molecule has 1 fully saturated rings. The third-order valence-electron chi connectivity index (χ3n) is 10.4. The lowest BCUT2D eigenvalue weighted by Crippen LogP contribution is -2.02. The van der Waals surface area contributed by atoms with Crippen LogP contribution in [0.5, 0.6) is 0 Å². The van der Waals surface area contributed by atoms with Crippen LogP contribution in [0, 0.1) is 23.2 Å². The van der Waals surface area contributed by atoms with Crippen LogP contribution in [0.4, 0.5) is 0 Å². The number of nitrogens with zero attached hydrogens (tertiary/aromatic N) is 4. The molecule has 9 aromatic rings. The Morgan fingerprint density at radius 1 is 0.625 bits per heavy atom. The van der Waals surface area contributed by atoms with Gasteiger partial charge in [0.05, 0.1) is 38.0 Å². The highest BCUT2D eigenvalue weighted by Crippen LogP contribution is 2.48. The van der Waals surface area contributed by atoms with Crippen molar-refractivity contribution in [1.82, 2.24) is 14.1 Å². The van der Waals surface area contributed by atoms with Crippen molar-refractivity contribution in [3.63, 3.8) is 0 Å². The van der Waals surface area contributed by atoms with Gasteiger partial charge in [-0.05, 0) is 54.7 Å². The van der Waals surface area contributed by atoms with Crippen LogP contribution in [0.25, 0.3) is 86.6 Å². The van der Waals surface area contributed by atoms with E-state index in [1.807, 2.05) is 12.1 Å². The van der Waals surface area contributed by atoms with Crippen LogP contribution in [-0.2, 0) is 0 Å². The minimum Gasteiger partial charge on any atom is -0.308 e. The molecule has 0 bridgehead atoms. The Balaban J connectivity index is 1.23. The summed E-state index contributed by atoms with van der Waals surface area (Å²) in [5, 5.41) is 17.0. The number of hydrogen-bond acceptors (Lipinski definition) is 3. The zero-order valence-corrected chi connectivity index (χ0v) is 26.6. The summed E-state index contributed by atoms with van der Waals surface area (Å²) in [7, 11) is 0. The molecule has 2 aliphatic carbocycles. The van der Waals surface area contributed by atoms with Gasteiger partial charge in [-0.25, -0.2) is 4.98 Å². The molecule has 0 N–H and O–H groups in total. The van der Waals surface area contributed by atoms with Gasteiger partial charge < -0.3 is 4.57 Å². The van der Waals surface area contributed by atoms with Gasteiger partial charge in [-0.15, -0.1) is 11.3 Å². The molecule has 4 nitrogen and oxygen atoms in total. The van der Waals surface area contributed by atoms with Crippen LogP contribution in [-0.4, -0.2) is 14.1 Å². The standard InChI is InChI=1S/C43H26N4S/c44-24-26-8-5-11-33-34-12-6-13-35(43(34)48-42(26)33)36-14-7-17-39(45-36)47-38-16-4-2-10-30(38)32-21-20-31-29-9-1-3-15-37(29)46(40(31)41(32)47)28-19-18-25-22-27(25)23-28/h1-21,23,25,27H,22H2. The van der Waals surface area contributed by atoms with E-state index in [0.29, 0.717) is 17.4 Å². The minimum atomic E-state index is 0.630. The van der Waals surface area contributed by atoms with Crippen molar-refractivity contribution in [2.45, 2.75) is 6.42 Å². The second-order valence-electron chi connectivity index (χ2n) is 13.0. The molecule has 4 heterocycles. The van der Waals surface area contributed by atoms with Crippen molar-refractivity contribution in [1.29, 1.82) is 5.26 Å². The molecule has 2 atom stereocenters. The van der Waals surface area contributed by atoms with Crippen molar-refractivity contribution in [3.05, 3.63) is 139 Å². The maximum Gasteiger partial charge on any atom is 0.138 e. The van der Waals surface area contributed by atoms with Crippen molar-refractivity contribution in [2.24, 2.45) is 11.8 Å². The number of nitriles is 1. The van der Waals surface area contributed by atoms with Gasteiger partial charge >= 0.3 is 0 Å². The van der Waals surface area contributed by atoms with Gasteiger partial charge in [0.15, 0.2) is 0 Å². The highest BCUT2D eigenvalue weighted by Gasteiger charge is 2.36. The molecule has 5 heteroatoms. The number of pyridine rings is 1. The zero-order chi connectivity index (χ0) is 31.5. The molecule has 48 heavy (non-hydrogen) atoms. The van der Waals surface area contributed by atoms with E-state index in [9.17, 15) is 5.26 Å². The number of benzene rings is 5. The highest BCUT2D eigenvalue weighted by molar-refractivity contribution is 7.26. The van der Waals surface area contributed by atoms with E-state index in [0.717, 1.165) is 42.8 Å². The first kappa shape index (κ1) is 26.1. The summed E-state index contributed by atoms with van der Waals surface area (Å²) in [6.07, 6.45) is 8.45. The van der Waals surface area contributed by atoms with Gasteiger partial charge in [0.25, 0.3) is 0 Å². The van der Waals surface area contributed by atoms with Crippen LogP contribution in [0.3, 0.4) is 0 Å². The molecule has 4 aromatic heterocycles. The topological polar surface area (TPSA) is 46.5 Å². The van der Waals surface area contributed by atoms with E-state index in [-0.39, 0.29) is 0 Å². The summed E-state index contributed by atoms with van der Waals surface area (Å²) < 4.78 is 7.04. The first-order valence-corrected chi connectivity index (χ1v) is 17.3. The highest BCUT2D eigenvalue weighted by atomic mass is 32.1. The molecule has 2 unspecified atom stereocenters. The van der Waals surface area contributed by atoms with E-state index in [1.54, 1.807) is 11.3 Å². The Labute approximate surface area is 279 Å². The first-order chi connectivity index (χ1) is 23.8. The largest absolute Gasteiger partial charge is 0.308 e. The number of aromatic nitrogens is 3. The van der Waals surface area contributed by atoms with E-state index in [2.05, 4.69) is 137 Å². The molecule has 0 radical (unpaired) electrons. The van der Waals surface area contributed by atoms with E-state index in [1.165, 1.54) is 50.2 Å². The summed E-state index contributed by atoms with van der Waals surface area (Å²) in [4.78, 5) is 5.44. The van der Waals surface area contributed by atoms with E-state index < -0.39 is 0 Å². The van der Waals surface area contributed by atoms with E-state index >= 15 is 0 Å². The number of allylic oxidation sites excluding steroid dienone is 4. The number of thiophene rings is 1. The molecule has 224 valence electrons. The molecule has 0 saturated heterocycles. The Morgan fingerprint density at radius 2 is 1.29 bits per heavy atom. The molecule has 1 saturated carbocycles. The molecule has 0 aliphatic heterocycles.